The third-order valence-electron chi connectivity index (χ3n) is 11.7. The van der Waals surface area contributed by atoms with E-state index in [2.05, 4.69) is 50.3 Å². The standard InChI is InChI=1S/C51H92O12S/c1-3-5-7-9-11-13-15-17-19-21-22-24-26-28-30-32-34-36-38-40-47(53)62-44(42-61-51-50(56)49(55)48(54)45(63-51)43-64(57,58)59)41-60-46(52)39-37-35-33-31-29-27-25-23-20-18-16-14-12-10-8-6-4-2/h12,14,17-20,44-45,48-51,54-56H,3-11,13,15-16,21-43H2,1-2H3,(H,57,58,59)/b14-12+,19-17+,20-18+/t44-,45-,48-,49?,50?,51+/m1/s1. The molecule has 13 heteroatoms. The van der Waals surface area contributed by atoms with Crippen LogP contribution in [0, 0.1) is 0 Å². The lowest BCUT2D eigenvalue weighted by Crippen LogP contribution is -2.60. The van der Waals surface area contributed by atoms with E-state index in [1.165, 1.54) is 122 Å². The maximum Gasteiger partial charge on any atom is 0.306 e. The number of unbranched alkanes of at least 4 members (excludes halogenated alkanes) is 25. The van der Waals surface area contributed by atoms with E-state index in [-0.39, 0.29) is 19.4 Å². The number of esters is 2. The van der Waals surface area contributed by atoms with Crippen LogP contribution in [0.2, 0.25) is 0 Å². The average Bonchev–Trinajstić information content (AvgIpc) is 3.26. The maximum atomic E-state index is 12.9. The number of aliphatic hydroxyl groups excluding tert-OH is 3. The molecule has 0 aromatic heterocycles. The molecule has 1 aliphatic heterocycles. The van der Waals surface area contributed by atoms with E-state index in [4.69, 9.17) is 18.9 Å². The summed E-state index contributed by atoms with van der Waals surface area (Å²) in [7, 11) is -4.61. The molecule has 0 aliphatic carbocycles. The van der Waals surface area contributed by atoms with Crippen molar-refractivity contribution in [2.45, 2.75) is 256 Å². The first-order valence-electron chi connectivity index (χ1n) is 25.5. The first kappa shape index (κ1) is 59.9. The van der Waals surface area contributed by atoms with Gasteiger partial charge in [-0.25, -0.2) is 0 Å². The van der Waals surface area contributed by atoms with E-state index < -0.39 is 71.2 Å². The van der Waals surface area contributed by atoms with Crippen LogP contribution >= 0.6 is 0 Å². The lowest BCUT2D eigenvalue weighted by atomic mass is 10.00. The first-order chi connectivity index (χ1) is 31.0. The molecule has 4 N–H and O–H groups in total. The topological polar surface area (TPSA) is 186 Å². The van der Waals surface area contributed by atoms with Crippen molar-refractivity contribution in [3.05, 3.63) is 36.5 Å². The molecular weight excluding hydrogens is 837 g/mol. The van der Waals surface area contributed by atoms with E-state index in [0.717, 1.165) is 57.8 Å². The zero-order valence-electron chi connectivity index (χ0n) is 40.1. The van der Waals surface area contributed by atoms with Crippen molar-refractivity contribution < 1.29 is 56.8 Å². The summed E-state index contributed by atoms with van der Waals surface area (Å²) >= 11 is 0. The summed E-state index contributed by atoms with van der Waals surface area (Å²) in [6, 6.07) is 0. The van der Waals surface area contributed by atoms with Crippen molar-refractivity contribution in [2.75, 3.05) is 19.0 Å². The Labute approximate surface area is 389 Å². The third kappa shape index (κ3) is 35.1. The minimum Gasteiger partial charge on any atom is -0.462 e. The highest BCUT2D eigenvalue weighted by molar-refractivity contribution is 7.85. The van der Waals surface area contributed by atoms with Gasteiger partial charge in [-0.15, -0.1) is 0 Å². The summed E-state index contributed by atoms with van der Waals surface area (Å²) in [6.45, 7) is 3.75. The molecule has 0 bridgehead atoms. The van der Waals surface area contributed by atoms with Crippen LogP contribution in [0.5, 0.6) is 0 Å². The van der Waals surface area contributed by atoms with Crippen LogP contribution in [0.25, 0.3) is 0 Å². The van der Waals surface area contributed by atoms with Gasteiger partial charge in [0.05, 0.1) is 6.61 Å². The third-order valence-corrected chi connectivity index (χ3v) is 12.4. The fourth-order valence-electron chi connectivity index (χ4n) is 7.70. The van der Waals surface area contributed by atoms with Crippen molar-refractivity contribution in [2.24, 2.45) is 0 Å². The second kappa shape index (κ2) is 41.1. The molecular formula is C51H92O12S. The van der Waals surface area contributed by atoms with Crippen LogP contribution in [0.15, 0.2) is 36.5 Å². The Kier molecular flexibility index (Phi) is 38.4. The molecule has 64 heavy (non-hydrogen) atoms. The number of allylic oxidation sites excluding steroid dienone is 6. The van der Waals surface area contributed by atoms with E-state index in [0.29, 0.717) is 12.8 Å². The highest BCUT2D eigenvalue weighted by atomic mass is 32.2. The molecule has 1 heterocycles. The van der Waals surface area contributed by atoms with Gasteiger partial charge in [0.25, 0.3) is 10.1 Å². The van der Waals surface area contributed by atoms with E-state index in [1.807, 2.05) is 0 Å². The zero-order valence-corrected chi connectivity index (χ0v) is 41.0. The van der Waals surface area contributed by atoms with Crippen LogP contribution in [0.3, 0.4) is 0 Å². The van der Waals surface area contributed by atoms with E-state index in [1.54, 1.807) is 0 Å². The summed E-state index contributed by atoms with van der Waals surface area (Å²) in [6.07, 6.45) is 38.9. The van der Waals surface area contributed by atoms with Crippen LogP contribution < -0.4 is 0 Å². The second-order valence-electron chi connectivity index (χ2n) is 17.8. The molecule has 1 fully saturated rings. The van der Waals surface area contributed by atoms with Gasteiger partial charge in [0.15, 0.2) is 12.4 Å². The molecule has 0 amide bonds. The SMILES string of the molecule is CCCCC/C=C/C/C=C/CCCCCCCCCC(=O)OC[C@H](CO[C@H]1O[C@H](CS(=O)(=O)O)[C@@H](O)C(O)C1O)OC(=O)CCCCCCCCCCC/C=C/CCCCCCCC. The Balaban J connectivity index is 2.39. The minimum atomic E-state index is -4.61. The van der Waals surface area contributed by atoms with Gasteiger partial charge >= 0.3 is 11.9 Å². The zero-order chi connectivity index (χ0) is 46.9. The fraction of sp³-hybridized carbons (Fsp3) is 0.843. The van der Waals surface area contributed by atoms with Gasteiger partial charge in [0, 0.05) is 12.8 Å². The molecule has 0 saturated carbocycles. The molecule has 1 aliphatic rings. The normalized spacial score (nSPS) is 19.9. The number of rotatable bonds is 43. The number of hydrogen-bond acceptors (Lipinski definition) is 11. The van der Waals surface area contributed by atoms with Gasteiger partial charge in [0.2, 0.25) is 0 Å². The van der Waals surface area contributed by atoms with Gasteiger partial charge in [-0.2, -0.15) is 8.42 Å². The van der Waals surface area contributed by atoms with Crippen LogP contribution in [0.1, 0.15) is 219 Å². The number of hydrogen-bond donors (Lipinski definition) is 4. The summed E-state index contributed by atoms with van der Waals surface area (Å²) in [5.74, 6) is -1.99. The van der Waals surface area contributed by atoms with Crippen LogP contribution in [-0.2, 0) is 38.7 Å². The molecule has 1 rings (SSSR count). The lowest BCUT2D eigenvalue weighted by Gasteiger charge is -2.40. The van der Waals surface area contributed by atoms with Crippen LogP contribution in [-0.4, -0.2) is 96.0 Å². The maximum absolute atomic E-state index is 12.9. The van der Waals surface area contributed by atoms with E-state index >= 15 is 0 Å². The van der Waals surface area contributed by atoms with Crippen molar-refractivity contribution in [3.8, 4) is 0 Å². The van der Waals surface area contributed by atoms with Crippen molar-refractivity contribution in [1.82, 2.24) is 0 Å². The van der Waals surface area contributed by atoms with Crippen molar-refractivity contribution >= 4 is 22.1 Å². The Morgan fingerprint density at radius 2 is 0.938 bits per heavy atom. The minimum absolute atomic E-state index is 0.161. The number of carbonyl (C=O) groups is 2. The van der Waals surface area contributed by atoms with E-state index in [9.17, 15) is 37.9 Å². The second-order valence-corrected chi connectivity index (χ2v) is 19.3. The Morgan fingerprint density at radius 1 is 0.531 bits per heavy atom. The molecule has 374 valence electrons. The Bertz CT molecular complexity index is 1320. The van der Waals surface area contributed by atoms with Gasteiger partial charge in [-0.1, -0.05) is 172 Å². The molecule has 0 radical (unpaired) electrons. The number of aliphatic hydroxyl groups is 3. The highest BCUT2D eigenvalue weighted by Gasteiger charge is 2.46. The largest absolute Gasteiger partial charge is 0.462 e. The van der Waals surface area contributed by atoms with Gasteiger partial charge in [-0.3, -0.25) is 14.1 Å². The summed E-state index contributed by atoms with van der Waals surface area (Å²) < 4.78 is 54.2. The van der Waals surface area contributed by atoms with Crippen molar-refractivity contribution in [3.63, 3.8) is 0 Å². The van der Waals surface area contributed by atoms with Crippen molar-refractivity contribution in [1.29, 1.82) is 0 Å². The first-order valence-corrected chi connectivity index (χ1v) is 27.2. The van der Waals surface area contributed by atoms with Gasteiger partial charge in [0.1, 0.15) is 36.8 Å². The monoisotopic (exact) mass is 929 g/mol. The Hall–Kier alpha value is -2.13. The molecule has 1 saturated heterocycles. The molecule has 12 nitrogen and oxygen atoms in total. The lowest BCUT2D eigenvalue weighted by molar-refractivity contribution is -0.297. The Morgan fingerprint density at radius 3 is 1.42 bits per heavy atom. The number of ether oxygens (including phenoxy) is 4. The van der Waals surface area contributed by atoms with Gasteiger partial charge in [-0.05, 0) is 70.6 Å². The highest BCUT2D eigenvalue weighted by Crippen LogP contribution is 2.24. The molecule has 0 spiro atoms. The molecule has 0 aromatic rings. The molecule has 6 atom stereocenters. The quantitative estimate of drug-likeness (QED) is 0.0196. The fourth-order valence-corrected chi connectivity index (χ4v) is 8.39. The summed E-state index contributed by atoms with van der Waals surface area (Å²) in [5, 5.41) is 31.0. The predicted molar refractivity (Wildman–Crippen MR) is 256 cm³/mol. The summed E-state index contributed by atoms with van der Waals surface area (Å²) in [4.78, 5) is 25.5. The molecule has 0 aromatic carbocycles. The average molecular weight is 929 g/mol. The predicted octanol–water partition coefficient (Wildman–Crippen LogP) is 11.3. The molecule has 2 unspecified atom stereocenters. The smallest absolute Gasteiger partial charge is 0.306 e. The van der Waals surface area contributed by atoms with Crippen LogP contribution in [0.4, 0.5) is 0 Å². The number of carbonyl (C=O) groups excluding carboxylic acids is 2. The summed E-state index contributed by atoms with van der Waals surface area (Å²) in [5.41, 5.74) is 0. The van der Waals surface area contributed by atoms with Gasteiger partial charge < -0.3 is 34.3 Å².